The van der Waals surface area contributed by atoms with Crippen LogP contribution in [0.4, 0.5) is 0 Å². The molecule has 0 aliphatic carbocycles. The number of hydrogen-bond donors (Lipinski definition) is 0. The number of nitrogens with zero attached hydrogens (tertiary/aromatic N) is 1. The second kappa shape index (κ2) is 5.83. The molecule has 2 nitrogen and oxygen atoms in total. The predicted octanol–water partition coefficient (Wildman–Crippen LogP) is 3.84. The summed E-state index contributed by atoms with van der Waals surface area (Å²) < 4.78 is 0. The van der Waals surface area contributed by atoms with Gasteiger partial charge in [-0.15, -0.1) is 0 Å². The third-order valence-electron chi connectivity index (χ3n) is 2.55. The highest BCUT2D eigenvalue weighted by Crippen LogP contribution is 2.16. The number of fused-ring (bicyclic) bond motifs is 1. The van der Waals surface area contributed by atoms with Crippen molar-refractivity contribution >= 4 is 33.9 Å². The molecule has 0 saturated heterocycles. The topological polar surface area (TPSA) is 30.0 Å². The van der Waals surface area contributed by atoms with Gasteiger partial charge in [-0.05, 0) is 30.7 Å². The van der Waals surface area contributed by atoms with Crippen LogP contribution in [0.5, 0.6) is 0 Å². The maximum absolute atomic E-state index is 10.8. The number of thioether (sulfide) groups is 1. The number of aromatic nitrogens is 1. The molecule has 0 aliphatic rings. The highest BCUT2D eigenvalue weighted by molar-refractivity contribution is 8.13. The zero-order valence-corrected chi connectivity index (χ0v) is 11.3. The number of carbonyl (C=O) groups excluding carboxylic acids is 1. The van der Waals surface area contributed by atoms with Crippen LogP contribution < -0.4 is 0 Å². The lowest BCUT2D eigenvalue weighted by atomic mass is 10.1. The maximum Gasteiger partial charge on any atom is 0.186 e. The molecular weight excluding hydrogens is 242 g/mol. The van der Waals surface area contributed by atoms with Gasteiger partial charge in [0, 0.05) is 23.8 Å². The van der Waals surface area contributed by atoms with E-state index >= 15 is 0 Å². The second-order valence-electron chi connectivity index (χ2n) is 4.11. The van der Waals surface area contributed by atoms with E-state index in [4.69, 9.17) is 0 Å². The number of carbonyl (C=O) groups is 1. The van der Waals surface area contributed by atoms with Gasteiger partial charge in [-0.3, -0.25) is 9.78 Å². The van der Waals surface area contributed by atoms with Crippen molar-refractivity contribution in [2.24, 2.45) is 0 Å². The van der Waals surface area contributed by atoms with Gasteiger partial charge in [-0.1, -0.05) is 36.0 Å². The Morgan fingerprint density at radius 1 is 1.33 bits per heavy atom. The van der Waals surface area contributed by atoms with E-state index in [-0.39, 0.29) is 5.12 Å². The van der Waals surface area contributed by atoms with Gasteiger partial charge in [0.15, 0.2) is 5.12 Å². The lowest BCUT2D eigenvalue weighted by Crippen LogP contribution is -1.84. The molecule has 0 saturated carbocycles. The highest BCUT2D eigenvalue weighted by Gasteiger charge is 1.96. The summed E-state index contributed by atoms with van der Waals surface area (Å²) in [5.41, 5.74) is 3.19. The van der Waals surface area contributed by atoms with Crippen molar-refractivity contribution in [3.63, 3.8) is 0 Å². The smallest absolute Gasteiger partial charge is 0.186 e. The SMILES string of the molecule is CC(=O)SCC=Cc1ccc2nc(C)ccc2c1. The van der Waals surface area contributed by atoms with Gasteiger partial charge in [0.1, 0.15) is 0 Å². The Bertz CT molecular complexity index is 604. The van der Waals surface area contributed by atoms with Crippen LogP contribution in [-0.4, -0.2) is 15.9 Å². The van der Waals surface area contributed by atoms with E-state index in [1.807, 2.05) is 37.3 Å². The van der Waals surface area contributed by atoms with Gasteiger partial charge in [0.2, 0.25) is 0 Å². The number of hydrogen-bond acceptors (Lipinski definition) is 3. The fourth-order valence-electron chi connectivity index (χ4n) is 1.70. The zero-order valence-electron chi connectivity index (χ0n) is 10.5. The quantitative estimate of drug-likeness (QED) is 0.837. The van der Waals surface area contributed by atoms with Crippen LogP contribution in [0.1, 0.15) is 18.2 Å². The summed E-state index contributed by atoms with van der Waals surface area (Å²) in [5.74, 6) is 0.722. The van der Waals surface area contributed by atoms with Gasteiger partial charge in [0.05, 0.1) is 5.52 Å². The van der Waals surface area contributed by atoms with Crippen LogP contribution in [0.25, 0.3) is 17.0 Å². The number of aryl methyl sites for hydroxylation is 1. The first-order chi connectivity index (χ1) is 8.65. The average Bonchev–Trinajstić information content (AvgIpc) is 2.34. The fourth-order valence-corrected chi connectivity index (χ4v) is 2.13. The van der Waals surface area contributed by atoms with Crippen molar-refractivity contribution in [3.8, 4) is 0 Å². The Labute approximate surface area is 111 Å². The summed E-state index contributed by atoms with van der Waals surface area (Å²) in [4.78, 5) is 15.2. The maximum atomic E-state index is 10.8. The molecule has 0 unspecified atom stereocenters. The van der Waals surface area contributed by atoms with Gasteiger partial charge in [-0.2, -0.15) is 0 Å². The van der Waals surface area contributed by atoms with Crippen LogP contribution in [0.15, 0.2) is 36.4 Å². The molecule has 0 fully saturated rings. The van der Waals surface area contributed by atoms with Gasteiger partial charge in [-0.25, -0.2) is 0 Å². The summed E-state index contributed by atoms with van der Waals surface area (Å²) >= 11 is 1.32. The first-order valence-electron chi connectivity index (χ1n) is 5.82. The van der Waals surface area contributed by atoms with E-state index < -0.39 is 0 Å². The van der Waals surface area contributed by atoms with E-state index in [1.165, 1.54) is 11.8 Å². The van der Waals surface area contributed by atoms with Crippen molar-refractivity contribution in [2.45, 2.75) is 13.8 Å². The Morgan fingerprint density at radius 3 is 2.94 bits per heavy atom. The molecule has 0 radical (unpaired) electrons. The number of rotatable bonds is 3. The van der Waals surface area contributed by atoms with Crippen molar-refractivity contribution in [2.75, 3.05) is 5.75 Å². The molecule has 1 aromatic carbocycles. The molecule has 0 N–H and O–H groups in total. The molecule has 92 valence electrons. The molecule has 2 rings (SSSR count). The number of pyridine rings is 1. The number of benzene rings is 1. The van der Waals surface area contributed by atoms with Crippen LogP contribution in [0, 0.1) is 6.92 Å². The molecule has 0 aliphatic heterocycles. The lowest BCUT2D eigenvalue weighted by Gasteiger charge is -2.00. The fraction of sp³-hybridized carbons (Fsp3) is 0.200. The van der Waals surface area contributed by atoms with E-state index in [0.29, 0.717) is 0 Å². The molecule has 3 heteroatoms. The molecule has 1 heterocycles. The van der Waals surface area contributed by atoms with E-state index in [2.05, 4.69) is 17.1 Å². The zero-order chi connectivity index (χ0) is 13.0. The first-order valence-corrected chi connectivity index (χ1v) is 6.81. The van der Waals surface area contributed by atoms with Crippen molar-refractivity contribution in [1.82, 2.24) is 4.98 Å². The van der Waals surface area contributed by atoms with Crippen LogP contribution in [0.2, 0.25) is 0 Å². The third-order valence-corrected chi connectivity index (χ3v) is 3.31. The Kier molecular flexibility index (Phi) is 4.15. The van der Waals surface area contributed by atoms with E-state index in [0.717, 1.165) is 27.9 Å². The summed E-state index contributed by atoms with van der Waals surface area (Å²) in [6, 6.07) is 10.3. The molecule has 2 aromatic rings. The summed E-state index contributed by atoms with van der Waals surface area (Å²) in [6.45, 7) is 3.58. The first kappa shape index (κ1) is 12.8. The van der Waals surface area contributed by atoms with Gasteiger partial charge < -0.3 is 0 Å². The minimum Gasteiger partial charge on any atom is -0.288 e. The standard InChI is InChI=1S/C15H15NOS/c1-11-5-7-14-10-13(6-8-15(14)16-11)4-3-9-18-12(2)17/h3-8,10H,9H2,1-2H3. The molecule has 18 heavy (non-hydrogen) atoms. The van der Waals surface area contributed by atoms with Crippen LogP contribution in [0.3, 0.4) is 0 Å². The molecule has 0 atom stereocenters. The summed E-state index contributed by atoms with van der Waals surface area (Å²) in [7, 11) is 0. The minimum absolute atomic E-state index is 0.151. The van der Waals surface area contributed by atoms with E-state index in [9.17, 15) is 4.79 Å². The third kappa shape index (κ3) is 3.44. The minimum atomic E-state index is 0.151. The van der Waals surface area contributed by atoms with Crippen molar-refractivity contribution in [3.05, 3.63) is 47.7 Å². The molecule has 1 aromatic heterocycles. The lowest BCUT2D eigenvalue weighted by molar-refractivity contribution is -0.109. The average molecular weight is 257 g/mol. The van der Waals surface area contributed by atoms with Gasteiger partial charge in [0.25, 0.3) is 0 Å². The Hall–Kier alpha value is -1.61. The van der Waals surface area contributed by atoms with Crippen LogP contribution >= 0.6 is 11.8 Å². The van der Waals surface area contributed by atoms with Crippen molar-refractivity contribution < 1.29 is 4.79 Å². The summed E-state index contributed by atoms with van der Waals surface area (Å²) in [5, 5.41) is 1.29. The molecule has 0 spiro atoms. The highest BCUT2D eigenvalue weighted by atomic mass is 32.2. The molecule has 0 amide bonds. The predicted molar refractivity (Wildman–Crippen MR) is 78.7 cm³/mol. The van der Waals surface area contributed by atoms with E-state index in [1.54, 1.807) is 6.92 Å². The van der Waals surface area contributed by atoms with Crippen molar-refractivity contribution in [1.29, 1.82) is 0 Å². The molecule has 0 bridgehead atoms. The van der Waals surface area contributed by atoms with Crippen LogP contribution in [-0.2, 0) is 4.79 Å². The second-order valence-corrected chi connectivity index (χ2v) is 5.31. The monoisotopic (exact) mass is 257 g/mol. The Morgan fingerprint density at radius 2 is 2.17 bits per heavy atom. The Balaban J connectivity index is 2.15. The largest absolute Gasteiger partial charge is 0.288 e. The molecular formula is C15H15NOS. The normalized spacial score (nSPS) is 11.2. The van der Waals surface area contributed by atoms with Gasteiger partial charge >= 0.3 is 0 Å². The summed E-state index contributed by atoms with van der Waals surface area (Å²) in [6.07, 6.45) is 4.05.